The van der Waals surface area contributed by atoms with E-state index in [1.807, 2.05) is 28.8 Å². The smallest absolute Gasteiger partial charge is 0.255 e. The number of hydrogen-bond acceptors (Lipinski definition) is 6. The maximum atomic E-state index is 5.79. The van der Waals surface area contributed by atoms with Crippen LogP contribution < -0.4 is 5.73 Å². The van der Waals surface area contributed by atoms with Gasteiger partial charge in [0.05, 0.1) is 5.69 Å². The average Bonchev–Trinajstić information content (AvgIpc) is 3.17. The zero-order valence-electron chi connectivity index (χ0n) is 10.8. The minimum atomic E-state index is 0.141. The van der Waals surface area contributed by atoms with E-state index < -0.39 is 0 Å². The van der Waals surface area contributed by atoms with Crippen molar-refractivity contribution in [1.29, 1.82) is 0 Å². The summed E-state index contributed by atoms with van der Waals surface area (Å²) in [5.74, 6) is 0.985. The van der Waals surface area contributed by atoms with Crippen molar-refractivity contribution < 1.29 is 0 Å². The monoisotopic (exact) mass is 278 g/mol. The Kier molecular flexibility index (Phi) is 2.40. The second kappa shape index (κ2) is 4.37. The highest BCUT2D eigenvalue weighted by atomic mass is 15.4. The summed E-state index contributed by atoms with van der Waals surface area (Å²) in [6.07, 6.45) is 6.96. The quantitative estimate of drug-likeness (QED) is 0.586. The molecule has 0 aromatic carbocycles. The Balaban J connectivity index is 1.95. The number of pyridine rings is 1. The lowest BCUT2D eigenvalue weighted by molar-refractivity contribution is 0.800. The summed E-state index contributed by atoms with van der Waals surface area (Å²) in [6, 6.07) is 7.49. The van der Waals surface area contributed by atoms with Crippen molar-refractivity contribution in [3.05, 3.63) is 49.1 Å². The van der Waals surface area contributed by atoms with Gasteiger partial charge in [-0.1, -0.05) is 6.07 Å². The predicted octanol–water partition coefficient (Wildman–Crippen LogP) is 0.954. The highest BCUT2D eigenvalue weighted by Gasteiger charge is 2.11. The van der Waals surface area contributed by atoms with Gasteiger partial charge in [-0.25, -0.2) is 9.67 Å². The van der Waals surface area contributed by atoms with Gasteiger partial charge in [-0.3, -0.25) is 4.40 Å². The molecule has 0 saturated carbocycles. The van der Waals surface area contributed by atoms with Crippen molar-refractivity contribution in [3.63, 3.8) is 0 Å². The van der Waals surface area contributed by atoms with Crippen LogP contribution in [0, 0.1) is 0 Å². The van der Waals surface area contributed by atoms with E-state index in [0.717, 1.165) is 11.3 Å². The van der Waals surface area contributed by atoms with E-state index in [0.29, 0.717) is 11.8 Å². The van der Waals surface area contributed by atoms with E-state index >= 15 is 0 Å². The molecule has 0 aliphatic heterocycles. The molecule has 4 rings (SSSR count). The number of nitrogens with zero attached hydrogens (tertiary/aromatic N) is 7. The van der Waals surface area contributed by atoms with Crippen LogP contribution in [0.4, 0.5) is 5.95 Å². The normalized spacial score (nSPS) is 11.0. The molecular formula is C13H10N8. The fourth-order valence-corrected chi connectivity index (χ4v) is 2.11. The number of rotatable bonds is 2. The van der Waals surface area contributed by atoms with Crippen LogP contribution in [0.2, 0.25) is 0 Å². The number of anilines is 1. The molecule has 4 heterocycles. The first-order valence-corrected chi connectivity index (χ1v) is 6.25. The van der Waals surface area contributed by atoms with Gasteiger partial charge in [0.1, 0.15) is 5.65 Å². The van der Waals surface area contributed by atoms with Gasteiger partial charge in [-0.2, -0.15) is 20.1 Å². The predicted molar refractivity (Wildman–Crippen MR) is 75.5 cm³/mol. The van der Waals surface area contributed by atoms with E-state index in [1.54, 1.807) is 24.7 Å². The van der Waals surface area contributed by atoms with Gasteiger partial charge in [0.15, 0.2) is 5.82 Å². The maximum absolute atomic E-state index is 5.79. The summed E-state index contributed by atoms with van der Waals surface area (Å²) in [6.45, 7) is 0. The number of imidazole rings is 1. The molecule has 4 aromatic heterocycles. The van der Waals surface area contributed by atoms with E-state index in [9.17, 15) is 0 Å². The fraction of sp³-hybridized carbons (Fsp3) is 0. The molecule has 21 heavy (non-hydrogen) atoms. The number of fused-ring (bicyclic) bond motifs is 1. The summed E-state index contributed by atoms with van der Waals surface area (Å²) in [4.78, 5) is 17.0. The van der Waals surface area contributed by atoms with Gasteiger partial charge in [0.2, 0.25) is 5.95 Å². The topological polar surface area (TPSA) is 99.8 Å². The molecule has 0 aliphatic rings. The third kappa shape index (κ3) is 1.89. The Hall–Kier alpha value is -3.29. The highest BCUT2D eigenvalue weighted by molar-refractivity contribution is 5.57. The average molecular weight is 278 g/mol. The zero-order valence-corrected chi connectivity index (χ0v) is 10.8. The van der Waals surface area contributed by atoms with Crippen molar-refractivity contribution >= 4 is 11.6 Å². The summed E-state index contributed by atoms with van der Waals surface area (Å²) in [7, 11) is 0. The van der Waals surface area contributed by atoms with Crippen LogP contribution in [0.25, 0.3) is 23.1 Å². The maximum Gasteiger partial charge on any atom is 0.255 e. The molecule has 0 bridgehead atoms. The molecule has 0 unspecified atom stereocenters. The highest BCUT2D eigenvalue weighted by Crippen LogP contribution is 2.18. The lowest BCUT2D eigenvalue weighted by Crippen LogP contribution is -2.09. The summed E-state index contributed by atoms with van der Waals surface area (Å²) in [5, 5.41) is 4.10. The Morgan fingerprint density at radius 3 is 2.76 bits per heavy atom. The standard InChI is InChI=1S/C13H10N8/c14-12-17-11(18-13(19-12)21-7-2-5-16-21)9-3-1-4-10-15-6-8-20(9)10/h1-8H,(H2,14,17,18,19). The molecule has 0 radical (unpaired) electrons. The molecule has 0 amide bonds. The second-order valence-electron chi connectivity index (χ2n) is 4.33. The van der Waals surface area contributed by atoms with Crippen molar-refractivity contribution in [1.82, 2.24) is 34.1 Å². The van der Waals surface area contributed by atoms with Crippen LogP contribution in [0.3, 0.4) is 0 Å². The zero-order chi connectivity index (χ0) is 14.2. The minimum Gasteiger partial charge on any atom is -0.368 e. The van der Waals surface area contributed by atoms with Gasteiger partial charge in [0, 0.05) is 24.8 Å². The Labute approximate surface area is 118 Å². The lowest BCUT2D eigenvalue weighted by Gasteiger charge is -2.06. The van der Waals surface area contributed by atoms with Crippen molar-refractivity contribution in [2.75, 3.05) is 5.73 Å². The van der Waals surface area contributed by atoms with E-state index in [1.165, 1.54) is 4.68 Å². The number of hydrogen-bond donors (Lipinski definition) is 1. The molecular weight excluding hydrogens is 268 g/mol. The molecule has 0 atom stereocenters. The third-order valence-corrected chi connectivity index (χ3v) is 3.01. The van der Waals surface area contributed by atoms with E-state index in [-0.39, 0.29) is 5.95 Å². The summed E-state index contributed by atoms with van der Waals surface area (Å²) < 4.78 is 3.43. The van der Waals surface area contributed by atoms with Gasteiger partial charge < -0.3 is 5.73 Å². The fourth-order valence-electron chi connectivity index (χ4n) is 2.11. The van der Waals surface area contributed by atoms with Crippen LogP contribution in [0.1, 0.15) is 0 Å². The number of nitrogens with two attached hydrogens (primary N) is 1. The first-order valence-electron chi connectivity index (χ1n) is 6.25. The Bertz CT molecular complexity index is 909. The van der Waals surface area contributed by atoms with Crippen molar-refractivity contribution in [2.45, 2.75) is 0 Å². The third-order valence-electron chi connectivity index (χ3n) is 3.01. The Morgan fingerprint density at radius 2 is 1.90 bits per heavy atom. The van der Waals surface area contributed by atoms with Crippen LogP contribution in [-0.2, 0) is 0 Å². The second-order valence-corrected chi connectivity index (χ2v) is 4.33. The van der Waals surface area contributed by atoms with Gasteiger partial charge in [-0.15, -0.1) is 0 Å². The summed E-state index contributed by atoms with van der Waals surface area (Å²) >= 11 is 0. The molecule has 102 valence electrons. The van der Waals surface area contributed by atoms with E-state index in [4.69, 9.17) is 5.73 Å². The first kappa shape index (κ1) is 11.5. The largest absolute Gasteiger partial charge is 0.368 e. The molecule has 8 nitrogen and oxygen atoms in total. The van der Waals surface area contributed by atoms with Gasteiger partial charge >= 0.3 is 0 Å². The van der Waals surface area contributed by atoms with Crippen LogP contribution in [0.5, 0.6) is 0 Å². The van der Waals surface area contributed by atoms with Gasteiger partial charge in [0.25, 0.3) is 5.95 Å². The summed E-state index contributed by atoms with van der Waals surface area (Å²) in [5.41, 5.74) is 7.39. The minimum absolute atomic E-state index is 0.141. The molecule has 0 aliphatic carbocycles. The Morgan fingerprint density at radius 1 is 0.952 bits per heavy atom. The number of nitrogen functional groups attached to an aromatic ring is 1. The molecule has 8 heteroatoms. The van der Waals surface area contributed by atoms with E-state index in [2.05, 4.69) is 25.0 Å². The molecule has 0 saturated heterocycles. The van der Waals surface area contributed by atoms with Crippen LogP contribution in [-0.4, -0.2) is 34.1 Å². The molecule has 4 aromatic rings. The van der Waals surface area contributed by atoms with Crippen LogP contribution >= 0.6 is 0 Å². The first-order chi connectivity index (χ1) is 10.3. The molecule has 0 fully saturated rings. The SMILES string of the molecule is Nc1nc(-c2cccc3nccn23)nc(-n2cccn2)n1. The lowest BCUT2D eigenvalue weighted by atomic mass is 10.3. The van der Waals surface area contributed by atoms with Gasteiger partial charge in [-0.05, 0) is 18.2 Å². The van der Waals surface area contributed by atoms with Crippen molar-refractivity contribution in [2.24, 2.45) is 0 Å². The van der Waals surface area contributed by atoms with Crippen molar-refractivity contribution in [3.8, 4) is 17.5 Å². The molecule has 0 spiro atoms. The molecule has 2 N–H and O–H groups in total. The van der Waals surface area contributed by atoms with Crippen LogP contribution in [0.15, 0.2) is 49.1 Å². The number of aromatic nitrogens is 7.